The van der Waals surface area contributed by atoms with E-state index in [4.69, 9.17) is 18.1 Å². The zero-order valence-electron chi connectivity index (χ0n) is 35.6. The van der Waals surface area contributed by atoms with E-state index in [1.54, 1.807) is 12.1 Å². The quantitative estimate of drug-likeness (QED) is 0.181. The highest BCUT2D eigenvalue weighted by Gasteiger charge is 2.18. The van der Waals surface area contributed by atoms with E-state index >= 15 is 0 Å². The van der Waals surface area contributed by atoms with Gasteiger partial charge in [-0.2, -0.15) is 0 Å². The topological polar surface area (TPSA) is 51.8 Å². The fraction of sp³-hybridized carbons (Fsp3) is 0. The summed E-state index contributed by atoms with van der Waals surface area (Å²) in [6.07, 6.45) is 0. The van der Waals surface area contributed by atoms with Gasteiger partial charge in [-0.15, -0.1) is 0 Å². The van der Waals surface area contributed by atoms with Crippen LogP contribution in [-0.4, -0.2) is 15.0 Å². The van der Waals surface area contributed by atoms with E-state index in [0.29, 0.717) is 22.1 Å². The predicted octanol–water partition coefficient (Wildman–Crippen LogP) is 11.9. The maximum atomic E-state index is 8.67. The van der Waals surface area contributed by atoms with E-state index in [1.165, 1.54) is 16.2 Å². The van der Waals surface area contributed by atoms with E-state index in [1.807, 2.05) is 18.2 Å². The first-order chi connectivity index (χ1) is 28.4. The Morgan fingerprint density at radius 1 is 0.388 bits per heavy atom. The Balaban J connectivity index is 1.19. The molecule has 0 saturated carbocycles. The van der Waals surface area contributed by atoms with Crippen molar-refractivity contribution in [3.63, 3.8) is 0 Å². The third-order valence-electron chi connectivity index (χ3n) is 8.90. The number of para-hydroxylation sites is 1. The molecular weight excluding hydrogens is 599 g/mol. The van der Waals surface area contributed by atoms with Gasteiger partial charge < -0.3 is 4.42 Å². The minimum atomic E-state index is -0.615. The van der Waals surface area contributed by atoms with E-state index in [0.717, 1.165) is 32.7 Å². The summed E-state index contributed by atoms with van der Waals surface area (Å²) < 4.78 is 90.6. The molecule has 0 aliphatic rings. The lowest BCUT2D eigenvalue weighted by molar-refractivity contribution is 0.669. The molecule has 10 aromatic rings. The second-order valence-electron chi connectivity index (χ2n) is 11.7. The van der Waals surface area contributed by atoms with Gasteiger partial charge in [0.25, 0.3) is 0 Å². The van der Waals surface area contributed by atoms with Gasteiger partial charge in [-0.3, -0.25) is 0 Å². The van der Waals surface area contributed by atoms with Crippen LogP contribution >= 0.6 is 0 Å². The zero-order valence-corrected chi connectivity index (χ0v) is 25.6. The van der Waals surface area contributed by atoms with E-state index in [9.17, 15) is 0 Å². The van der Waals surface area contributed by atoms with E-state index in [2.05, 4.69) is 87.7 Å². The zero-order chi connectivity index (χ0) is 41.0. The Morgan fingerprint density at radius 3 is 1.49 bits per heavy atom. The Morgan fingerprint density at radius 2 is 0.878 bits per heavy atom. The van der Waals surface area contributed by atoms with Crippen LogP contribution in [-0.2, 0) is 0 Å². The van der Waals surface area contributed by atoms with Crippen LogP contribution in [0.2, 0.25) is 0 Å². The average Bonchev–Trinajstić information content (AvgIpc) is 3.64. The van der Waals surface area contributed by atoms with E-state index < -0.39 is 60.4 Å². The Bertz CT molecular complexity index is 3300. The summed E-state index contributed by atoms with van der Waals surface area (Å²) in [6, 6.07) is 28.6. The second kappa shape index (κ2) is 11.0. The molecule has 2 heterocycles. The van der Waals surface area contributed by atoms with Gasteiger partial charge in [-0.1, -0.05) is 139 Å². The number of aromatic nitrogens is 3. The molecule has 0 saturated heterocycles. The number of nitrogens with zero attached hydrogens (tertiary/aromatic N) is 3. The highest BCUT2D eigenvalue weighted by Crippen LogP contribution is 2.40. The van der Waals surface area contributed by atoms with Crippen molar-refractivity contribution in [2.75, 3.05) is 0 Å². The first-order valence-electron chi connectivity index (χ1n) is 20.6. The molecule has 2 aromatic heterocycles. The van der Waals surface area contributed by atoms with Crippen LogP contribution in [0.5, 0.6) is 0 Å². The number of hydrogen-bond donors (Lipinski definition) is 0. The summed E-state index contributed by atoms with van der Waals surface area (Å²) in [5.74, 6) is -0.760. The Kier molecular flexibility index (Phi) is 4.31. The lowest BCUT2D eigenvalue weighted by Crippen LogP contribution is -2.00. The maximum Gasteiger partial charge on any atom is 0.167 e. The standard InChI is InChI=1S/C45H27N3O/c1-3-12-28(13-4-1)43-46-44(29-14-5-2-6-15-29)48-45(47-43)38-21-11-20-37-40-27-31(23-25-41(40)49-42(37)38)30-22-24-36-34-18-8-7-16-32(34)33-17-9-10-19-35(33)39(36)26-30/h1-27H/i1D,2D,3D,4D,5D,6D,12D,13D,14D,15D. The van der Waals surface area contributed by atoms with Gasteiger partial charge in [-0.05, 0) is 67.7 Å². The fourth-order valence-corrected chi connectivity index (χ4v) is 6.68. The van der Waals surface area contributed by atoms with Crippen molar-refractivity contribution in [3.8, 4) is 45.3 Å². The summed E-state index contributed by atoms with van der Waals surface area (Å²) in [7, 11) is 0. The van der Waals surface area contributed by atoms with Crippen LogP contribution in [0.25, 0.3) is 99.5 Å². The summed E-state index contributed by atoms with van der Waals surface area (Å²) in [6.45, 7) is 0. The SMILES string of the molecule is [2H]c1c([2H])c([2H])c(-c2nc(-c3c([2H])c([2H])c([2H])c([2H])c3[2H])nc(-c3cccc4c3oc3ccc(-c5ccc6c7ccccc7c7ccccc7c6c5)cc34)n2)c([2H])c1[2H]. The molecule has 0 fully saturated rings. The van der Waals surface area contributed by atoms with Crippen molar-refractivity contribution in [1.82, 2.24) is 15.0 Å². The fourth-order valence-electron chi connectivity index (χ4n) is 6.68. The van der Waals surface area contributed by atoms with Crippen LogP contribution in [0.4, 0.5) is 0 Å². The van der Waals surface area contributed by atoms with Crippen molar-refractivity contribution in [2.45, 2.75) is 0 Å². The highest BCUT2D eigenvalue weighted by molar-refractivity contribution is 6.25. The molecule has 0 unspecified atom stereocenters. The molecule has 0 aliphatic carbocycles. The van der Waals surface area contributed by atoms with Crippen LogP contribution in [0, 0.1) is 0 Å². The largest absolute Gasteiger partial charge is 0.455 e. The molecule has 49 heavy (non-hydrogen) atoms. The van der Waals surface area contributed by atoms with Gasteiger partial charge in [0.1, 0.15) is 11.2 Å². The third kappa shape index (κ3) is 4.49. The van der Waals surface area contributed by atoms with Gasteiger partial charge in [0.2, 0.25) is 0 Å². The molecule has 4 heteroatoms. The third-order valence-corrected chi connectivity index (χ3v) is 8.90. The van der Waals surface area contributed by atoms with Crippen molar-refractivity contribution >= 4 is 54.3 Å². The smallest absolute Gasteiger partial charge is 0.167 e. The van der Waals surface area contributed by atoms with Crippen molar-refractivity contribution in [1.29, 1.82) is 0 Å². The van der Waals surface area contributed by atoms with Gasteiger partial charge in [0.05, 0.1) is 19.3 Å². The monoisotopic (exact) mass is 635 g/mol. The number of benzene rings is 8. The summed E-state index contributed by atoms with van der Waals surface area (Å²) in [5, 5.41) is 8.52. The van der Waals surface area contributed by atoms with Crippen molar-refractivity contribution < 1.29 is 18.1 Å². The molecule has 228 valence electrons. The molecule has 0 spiro atoms. The number of hydrogen-bond acceptors (Lipinski definition) is 4. The molecule has 0 bridgehead atoms. The Labute approximate surface area is 296 Å². The summed E-state index contributed by atoms with van der Waals surface area (Å²) in [5.41, 5.74) is 2.57. The van der Waals surface area contributed by atoms with Gasteiger partial charge in [-0.25, -0.2) is 15.0 Å². The van der Waals surface area contributed by atoms with Crippen molar-refractivity contribution in [3.05, 3.63) is 164 Å². The average molecular weight is 636 g/mol. The Hall–Kier alpha value is -6.65. The number of furan rings is 1. The predicted molar refractivity (Wildman–Crippen MR) is 201 cm³/mol. The van der Waals surface area contributed by atoms with Crippen LogP contribution < -0.4 is 0 Å². The molecule has 10 rings (SSSR count). The number of fused-ring (bicyclic) bond motifs is 9. The molecule has 0 N–H and O–H groups in total. The normalized spacial score (nSPS) is 14.5. The molecule has 0 aliphatic heterocycles. The molecule has 8 aromatic carbocycles. The minimum Gasteiger partial charge on any atom is -0.455 e. The van der Waals surface area contributed by atoms with Gasteiger partial charge >= 0.3 is 0 Å². The first-order valence-corrected chi connectivity index (χ1v) is 15.6. The number of rotatable bonds is 4. The summed E-state index contributed by atoms with van der Waals surface area (Å²) >= 11 is 0. The van der Waals surface area contributed by atoms with Gasteiger partial charge in [0, 0.05) is 21.9 Å². The summed E-state index contributed by atoms with van der Waals surface area (Å²) in [4.78, 5) is 13.6. The molecule has 0 radical (unpaired) electrons. The van der Waals surface area contributed by atoms with E-state index in [-0.39, 0.29) is 28.6 Å². The van der Waals surface area contributed by atoms with Crippen LogP contribution in [0.15, 0.2) is 168 Å². The molecule has 0 atom stereocenters. The van der Waals surface area contributed by atoms with Gasteiger partial charge in [0.15, 0.2) is 17.5 Å². The minimum absolute atomic E-state index is 0.0675. The maximum absolute atomic E-state index is 8.67. The van der Waals surface area contributed by atoms with Crippen LogP contribution in [0.1, 0.15) is 13.7 Å². The highest BCUT2D eigenvalue weighted by atomic mass is 16.3. The first kappa shape index (κ1) is 19.2. The lowest BCUT2D eigenvalue weighted by Gasteiger charge is -2.12. The molecular formula is C45H27N3O. The lowest BCUT2D eigenvalue weighted by atomic mass is 9.92. The molecule has 0 amide bonds. The van der Waals surface area contributed by atoms with Crippen molar-refractivity contribution in [2.24, 2.45) is 0 Å². The second-order valence-corrected chi connectivity index (χ2v) is 11.7. The molecule has 4 nitrogen and oxygen atoms in total. The van der Waals surface area contributed by atoms with Crippen LogP contribution in [0.3, 0.4) is 0 Å².